The Kier molecular flexibility index (Phi) is 4.73. The first-order valence-corrected chi connectivity index (χ1v) is 8.86. The van der Waals surface area contributed by atoms with Crippen LogP contribution < -0.4 is 4.72 Å². The third kappa shape index (κ3) is 3.57. The first-order valence-electron chi connectivity index (χ1n) is 7.37. The molecule has 2 rings (SSSR count). The van der Waals surface area contributed by atoms with Gasteiger partial charge in [-0.3, -0.25) is 0 Å². The molecule has 4 heteroatoms. The van der Waals surface area contributed by atoms with E-state index in [9.17, 15) is 8.42 Å². The van der Waals surface area contributed by atoms with E-state index in [0.29, 0.717) is 4.90 Å². The summed E-state index contributed by atoms with van der Waals surface area (Å²) in [6, 6.07) is 11.4. The van der Waals surface area contributed by atoms with Gasteiger partial charge in [-0.15, -0.1) is 0 Å². The highest BCUT2D eigenvalue weighted by atomic mass is 32.2. The minimum atomic E-state index is -3.55. The van der Waals surface area contributed by atoms with Crippen LogP contribution in [0.2, 0.25) is 0 Å². The Labute approximate surface area is 133 Å². The fraction of sp³-hybridized carbons (Fsp3) is 0.333. The molecule has 22 heavy (non-hydrogen) atoms. The van der Waals surface area contributed by atoms with Crippen molar-refractivity contribution >= 4 is 10.0 Å². The van der Waals surface area contributed by atoms with E-state index >= 15 is 0 Å². The Bertz CT molecular complexity index is 754. The van der Waals surface area contributed by atoms with Crippen molar-refractivity contribution in [2.24, 2.45) is 0 Å². The highest BCUT2D eigenvalue weighted by Gasteiger charge is 2.22. The second kappa shape index (κ2) is 6.23. The third-order valence-electron chi connectivity index (χ3n) is 3.78. The van der Waals surface area contributed by atoms with Crippen LogP contribution >= 0.6 is 0 Å². The molecule has 0 fully saturated rings. The number of sulfonamides is 1. The van der Waals surface area contributed by atoms with Gasteiger partial charge in [-0.25, -0.2) is 13.1 Å². The van der Waals surface area contributed by atoms with E-state index in [-0.39, 0.29) is 6.04 Å². The minimum absolute atomic E-state index is 0.272. The lowest BCUT2D eigenvalue weighted by molar-refractivity contribution is 0.565. The molecule has 0 aliphatic heterocycles. The van der Waals surface area contributed by atoms with Gasteiger partial charge in [0, 0.05) is 6.04 Å². The first-order chi connectivity index (χ1) is 10.2. The second-order valence-electron chi connectivity index (χ2n) is 5.98. The largest absolute Gasteiger partial charge is 0.241 e. The summed E-state index contributed by atoms with van der Waals surface area (Å²) in [7, 11) is -3.55. The molecule has 0 radical (unpaired) electrons. The molecular formula is C18H23NO2S. The minimum Gasteiger partial charge on any atom is -0.207 e. The lowest BCUT2D eigenvalue weighted by atomic mass is 10.1. The molecular weight excluding hydrogens is 294 g/mol. The molecule has 0 aliphatic rings. The molecule has 3 nitrogen and oxygen atoms in total. The van der Waals surface area contributed by atoms with Gasteiger partial charge < -0.3 is 0 Å². The van der Waals surface area contributed by atoms with Crippen LogP contribution in [0.5, 0.6) is 0 Å². The summed E-state index contributed by atoms with van der Waals surface area (Å²) in [6.45, 7) is 9.52. The van der Waals surface area contributed by atoms with Crippen molar-refractivity contribution < 1.29 is 8.42 Å². The molecule has 2 aromatic carbocycles. The van der Waals surface area contributed by atoms with Gasteiger partial charge in [0.05, 0.1) is 4.90 Å². The van der Waals surface area contributed by atoms with Gasteiger partial charge in [-0.05, 0) is 51.3 Å². The SMILES string of the molecule is Cc1ccc([C@H](C)NS(=O)(=O)c2c(C)cc(C)cc2C)cc1. The smallest absolute Gasteiger partial charge is 0.207 e. The number of nitrogens with one attached hydrogen (secondary N) is 1. The summed E-state index contributed by atoms with van der Waals surface area (Å²) >= 11 is 0. The van der Waals surface area contributed by atoms with Crippen molar-refractivity contribution in [3.63, 3.8) is 0 Å². The molecule has 0 aromatic heterocycles. The Morgan fingerprint density at radius 2 is 1.36 bits per heavy atom. The van der Waals surface area contributed by atoms with Crippen LogP contribution in [0.4, 0.5) is 0 Å². The van der Waals surface area contributed by atoms with Gasteiger partial charge in [0.15, 0.2) is 0 Å². The Balaban J connectivity index is 2.34. The monoisotopic (exact) mass is 317 g/mol. The van der Waals surface area contributed by atoms with Crippen molar-refractivity contribution in [3.05, 3.63) is 64.2 Å². The maximum absolute atomic E-state index is 12.7. The zero-order valence-corrected chi connectivity index (χ0v) is 14.6. The van der Waals surface area contributed by atoms with Crippen LogP contribution in [0, 0.1) is 27.7 Å². The zero-order valence-electron chi connectivity index (χ0n) is 13.8. The van der Waals surface area contributed by atoms with Gasteiger partial charge >= 0.3 is 0 Å². The van der Waals surface area contributed by atoms with Crippen LogP contribution in [0.3, 0.4) is 0 Å². The summed E-state index contributed by atoms with van der Waals surface area (Å²) in [4.78, 5) is 0.386. The maximum atomic E-state index is 12.7. The van der Waals surface area contributed by atoms with Gasteiger partial charge in [-0.1, -0.05) is 47.5 Å². The molecule has 0 unspecified atom stereocenters. The highest BCUT2D eigenvalue weighted by molar-refractivity contribution is 7.89. The lowest BCUT2D eigenvalue weighted by Crippen LogP contribution is -2.28. The van der Waals surface area contributed by atoms with E-state index in [2.05, 4.69) is 4.72 Å². The van der Waals surface area contributed by atoms with Crippen LogP contribution in [0.1, 0.15) is 40.8 Å². The van der Waals surface area contributed by atoms with E-state index in [4.69, 9.17) is 0 Å². The van der Waals surface area contributed by atoms with Gasteiger partial charge in [0.2, 0.25) is 10.0 Å². The van der Waals surface area contributed by atoms with E-state index in [1.54, 1.807) is 0 Å². The topological polar surface area (TPSA) is 46.2 Å². The molecule has 0 saturated carbocycles. The van der Waals surface area contributed by atoms with Crippen LogP contribution in [0.25, 0.3) is 0 Å². The molecule has 0 heterocycles. The average molecular weight is 317 g/mol. The second-order valence-corrected chi connectivity index (χ2v) is 7.63. The summed E-state index contributed by atoms with van der Waals surface area (Å²) in [5.74, 6) is 0. The molecule has 1 N–H and O–H groups in total. The molecule has 118 valence electrons. The third-order valence-corrected chi connectivity index (χ3v) is 5.63. The average Bonchev–Trinajstić information content (AvgIpc) is 2.36. The van der Waals surface area contributed by atoms with Crippen molar-refractivity contribution in [3.8, 4) is 0 Å². The van der Waals surface area contributed by atoms with Gasteiger partial charge in [-0.2, -0.15) is 0 Å². The van der Waals surface area contributed by atoms with E-state index in [1.165, 1.54) is 0 Å². The van der Waals surface area contributed by atoms with Crippen LogP contribution in [0.15, 0.2) is 41.3 Å². The number of benzene rings is 2. The zero-order chi connectivity index (χ0) is 16.5. The molecule has 0 amide bonds. The fourth-order valence-electron chi connectivity index (χ4n) is 2.81. The van der Waals surface area contributed by atoms with Crippen molar-refractivity contribution in [1.82, 2.24) is 4.72 Å². The quantitative estimate of drug-likeness (QED) is 0.928. The van der Waals surface area contributed by atoms with Crippen molar-refractivity contribution in [2.75, 3.05) is 0 Å². The van der Waals surface area contributed by atoms with Crippen LogP contribution in [-0.4, -0.2) is 8.42 Å². The normalized spacial score (nSPS) is 13.1. The summed E-state index contributed by atoms with van der Waals surface area (Å²) in [5, 5.41) is 0. The molecule has 2 aromatic rings. The molecule has 0 saturated heterocycles. The first kappa shape index (κ1) is 16.7. The molecule has 0 spiro atoms. The fourth-order valence-corrected chi connectivity index (χ4v) is 4.49. The Morgan fingerprint density at radius 1 is 0.864 bits per heavy atom. The van der Waals surface area contributed by atoms with E-state index in [1.807, 2.05) is 71.0 Å². The van der Waals surface area contributed by atoms with Crippen LogP contribution in [-0.2, 0) is 10.0 Å². The molecule has 0 bridgehead atoms. The van der Waals surface area contributed by atoms with E-state index < -0.39 is 10.0 Å². The van der Waals surface area contributed by atoms with Gasteiger partial charge in [0.1, 0.15) is 0 Å². The maximum Gasteiger partial charge on any atom is 0.241 e. The number of rotatable bonds is 4. The number of hydrogen-bond donors (Lipinski definition) is 1. The van der Waals surface area contributed by atoms with Crippen molar-refractivity contribution in [2.45, 2.75) is 45.6 Å². The predicted octanol–water partition coefficient (Wildman–Crippen LogP) is 3.96. The summed E-state index contributed by atoms with van der Waals surface area (Å²) < 4.78 is 28.2. The standard InChI is InChI=1S/C18H23NO2S/c1-12-6-8-17(9-7-12)16(5)19-22(20,21)18-14(3)10-13(2)11-15(18)4/h6-11,16,19H,1-5H3/t16-/m0/s1. The molecule has 0 aliphatic carbocycles. The summed E-state index contributed by atoms with van der Waals surface area (Å²) in [6.07, 6.45) is 0. The van der Waals surface area contributed by atoms with Gasteiger partial charge in [0.25, 0.3) is 0 Å². The highest BCUT2D eigenvalue weighted by Crippen LogP contribution is 2.24. The Hall–Kier alpha value is -1.65. The van der Waals surface area contributed by atoms with E-state index in [0.717, 1.165) is 27.8 Å². The number of hydrogen-bond acceptors (Lipinski definition) is 2. The van der Waals surface area contributed by atoms with Crippen molar-refractivity contribution in [1.29, 1.82) is 0 Å². The number of aryl methyl sites for hydroxylation is 4. The Morgan fingerprint density at radius 3 is 1.86 bits per heavy atom. The molecule has 1 atom stereocenters. The predicted molar refractivity (Wildman–Crippen MR) is 90.6 cm³/mol. The lowest BCUT2D eigenvalue weighted by Gasteiger charge is -2.18. The summed E-state index contributed by atoms with van der Waals surface area (Å²) in [5.41, 5.74) is 4.74.